The lowest BCUT2D eigenvalue weighted by Crippen LogP contribution is -2.42. The van der Waals surface area contributed by atoms with Crippen LogP contribution < -0.4 is 10.5 Å². The van der Waals surface area contributed by atoms with Gasteiger partial charge >= 0.3 is 0 Å². The van der Waals surface area contributed by atoms with Crippen molar-refractivity contribution in [3.8, 4) is 5.75 Å². The number of hydrogen-bond donors (Lipinski definition) is 2. The summed E-state index contributed by atoms with van der Waals surface area (Å²) >= 11 is 0. The Balaban J connectivity index is 1.85. The van der Waals surface area contributed by atoms with Gasteiger partial charge in [0.05, 0.1) is 0 Å². The van der Waals surface area contributed by atoms with Gasteiger partial charge in [0.1, 0.15) is 11.9 Å². The molecule has 3 aromatic carbocycles. The van der Waals surface area contributed by atoms with E-state index in [1.165, 1.54) is 0 Å². The minimum Gasteiger partial charge on any atom is -0.486 e. The summed E-state index contributed by atoms with van der Waals surface area (Å²) in [7, 11) is 0. The van der Waals surface area contributed by atoms with E-state index in [-0.39, 0.29) is 6.10 Å². The Morgan fingerprint density at radius 3 is 1.92 bits per heavy atom. The molecule has 0 bridgehead atoms. The fourth-order valence-electron chi connectivity index (χ4n) is 2.90. The lowest BCUT2D eigenvalue weighted by molar-refractivity contribution is -0.133. The molecule has 3 N–H and O–H groups in total. The first-order valence-electron chi connectivity index (χ1n) is 8.41. The second kappa shape index (κ2) is 7.42. The molecule has 0 aliphatic rings. The highest BCUT2D eigenvalue weighted by molar-refractivity contribution is 5.88. The summed E-state index contributed by atoms with van der Waals surface area (Å²) in [5.74, 6) is -0.181. The topological polar surface area (TPSA) is 72.6 Å². The molecule has 0 aliphatic heterocycles. The highest BCUT2D eigenvalue weighted by Crippen LogP contribution is 2.31. The van der Waals surface area contributed by atoms with Gasteiger partial charge < -0.3 is 15.6 Å². The molecule has 0 aliphatic carbocycles. The first-order valence-corrected chi connectivity index (χ1v) is 8.41. The summed E-state index contributed by atoms with van der Waals surface area (Å²) in [5, 5.41) is 11.0. The van der Waals surface area contributed by atoms with Gasteiger partial charge in [0.25, 0.3) is 5.91 Å². The largest absolute Gasteiger partial charge is 0.486 e. The van der Waals surface area contributed by atoms with Gasteiger partial charge in [-0.1, -0.05) is 72.8 Å². The molecule has 4 nitrogen and oxygen atoms in total. The molecule has 0 fully saturated rings. The van der Waals surface area contributed by atoms with Crippen LogP contribution in [0.3, 0.4) is 0 Å². The van der Waals surface area contributed by atoms with E-state index in [1.807, 2.05) is 43.3 Å². The Kier molecular flexibility index (Phi) is 5.05. The molecule has 0 heterocycles. The molecule has 0 radical (unpaired) electrons. The number of carbonyl (C=O) groups is 1. The Morgan fingerprint density at radius 2 is 1.38 bits per heavy atom. The molecule has 1 unspecified atom stereocenters. The molecule has 0 aromatic heterocycles. The van der Waals surface area contributed by atoms with Gasteiger partial charge in [0.2, 0.25) is 0 Å². The Labute approximate surface area is 152 Å². The molecule has 26 heavy (non-hydrogen) atoms. The van der Waals surface area contributed by atoms with Crippen LogP contribution in [0.25, 0.3) is 0 Å². The third kappa shape index (κ3) is 3.46. The van der Waals surface area contributed by atoms with E-state index < -0.39 is 11.5 Å². The highest BCUT2D eigenvalue weighted by atomic mass is 16.5. The lowest BCUT2D eigenvalue weighted by atomic mass is 9.86. The van der Waals surface area contributed by atoms with Crippen LogP contribution in [-0.2, 0) is 10.4 Å². The van der Waals surface area contributed by atoms with Crippen molar-refractivity contribution in [1.29, 1.82) is 0 Å². The Bertz CT molecular complexity index is 863. The summed E-state index contributed by atoms with van der Waals surface area (Å²) in [6, 6.07) is 25.3. The molecule has 3 rings (SSSR count). The average Bonchev–Trinajstić information content (AvgIpc) is 2.69. The van der Waals surface area contributed by atoms with Crippen molar-refractivity contribution < 1.29 is 14.6 Å². The normalized spacial score (nSPS) is 14.2. The van der Waals surface area contributed by atoms with Crippen LogP contribution in [0.2, 0.25) is 0 Å². The van der Waals surface area contributed by atoms with Crippen molar-refractivity contribution in [2.75, 3.05) is 0 Å². The summed E-state index contributed by atoms with van der Waals surface area (Å²) in [6.45, 7) is 1.97. The van der Waals surface area contributed by atoms with Crippen LogP contribution in [0, 0.1) is 0 Å². The van der Waals surface area contributed by atoms with Gasteiger partial charge in [-0.25, -0.2) is 0 Å². The van der Waals surface area contributed by atoms with E-state index >= 15 is 0 Å². The standard InChI is InChI=1S/C22H21NO3/c1-16(17-8-4-2-5-9-17)26-20-14-12-19(13-15-20)22(25,21(23)24)18-10-6-3-7-11-18/h2-16,25H,1H3,(H2,23,24)/t16-,22?/m0/s1. The molecule has 132 valence electrons. The molecular weight excluding hydrogens is 326 g/mol. The van der Waals surface area contributed by atoms with Gasteiger partial charge in [-0.15, -0.1) is 0 Å². The second-order valence-electron chi connectivity index (χ2n) is 6.14. The predicted octanol–water partition coefficient (Wildman–Crippen LogP) is 3.55. The number of amides is 1. The number of aliphatic hydroxyl groups is 1. The quantitative estimate of drug-likeness (QED) is 0.716. The zero-order chi connectivity index (χ0) is 18.6. The Morgan fingerprint density at radius 1 is 0.885 bits per heavy atom. The third-order valence-electron chi connectivity index (χ3n) is 4.40. The second-order valence-corrected chi connectivity index (χ2v) is 6.14. The van der Waals surface area contributed by atoms with Gasteiger partial charge in [-0.05, 0) is 35.7 Å². The smallest absolute Gasteiger partial charge is 0.258 e. The molecular formula is C22H21NO3. The van der Waals surface area contributed by atoms with Gasteiger partial charge in [0, 0.05) is 0 Å². The molecule has 2 atom stereocenters. The molecule has 0 saturated carbocycles. The van der Waals surface area contributed by atoms with E-state index in [1.54, 1.807) is 48.5 Å². The maximum Gasteiger partial charge on any atom is 0.258 e. The van der Waals surface area contributed by atoms with Crippen LogP contribution >= 0.6 is 0 Å². The summed E-state index contributed by atoms with van der Waals surface area (Å²) in [4.78, 5) is 12.0. The van der Waals surface area contributed by atoms with E-state index in [0.29, 0.717) is 16.9 Å². The minimum absolute atomic E-state index is 0.119. The SMILES string of the molecule is C[C@H](Oc1ccc(C(O)(C(N)=O)c2ccccc2)cc1)c1ccccc1. The van der Waals surface area contributed by atoms with E-state index in [4.69, 9.17) is 10.5 Å². The average molecular weight is 347 g/mol. The lowest BCUT2D eigenvalue weighted by Gasteiger charge is -2.26. The van der Waals surface area contributed by atoms with E-state index in [9.17, 15) is 9.90 Å². The van der Waals surface area contributed by atoms with Gasteiger partial charge in [-0.2, -0.15) is 0 Å². The summed E-state index contributed by atoms with van der Waals surface area (Å²) in [5.41, 5.74) is 5.52. The van der Waals surface area contributed by atoms with Crippen molar-refractivity contribution in [3.63, 3.8) is 0 Å². The van der Waals surface area contributed by atoms with Crippen molar-refractivity contribution in [2.45, 2.75) is 18.6 Å². The monoisotopic (exact) mass is 347 g/mol. The van der Waals surface area contributed by atoms with Gasteiger partial charge in [-0.3, -0.25) is 4.79 Å². The maximum atomic E-state index is 12.0. The first-order chi connectivity index (χ1) is 12.5. The zero-order valence-corrected chi connectivity index (χ0v) is 14.5. The molecule has 1 amide bonds. The number of carbonyl (C=O) groups excluding carboxylic acids is 1. The van der Waals surface area contributed by atoms with Crippen LogP contribution in [0.4, 0.5) is 0 Å². The van der Waals surface area contributed by atoms with Crippen molar-refractivity contribution in [1.82, 2.24) is 0 Å². The first kappa shape index (κ1) is 17.7. The van der Waals surface area contributed by atoms with Crippen LogP contribution in [0.15, 0.2) is 84.9 Å². The van der Waals surface area contributed by atoms with Crippen molar-refractivity contribution in [3.05, 3.63) is 102 Å². The molecule has 3 aromatic rings. The van der Waals surface area contributed by atoms with Crippen molar-refractivity contribution in [2.24, 2.45) is 5.73 Å². The number of primary amides is 1. The van der Waals surface area contributed by atoms with Crippen LogP contribution in [0.5, 0.6) is 5.75 Å². The van der Waals surface area contributed by atoms with E-state index in [0.717, 1.165) is 5.56 Å². The fraction of sp³-hybridized carbons (Fsp3) is 0.136. The van der Waals surface area contributed by atoms with Crippen molar-refractivity contribution >= 4 is 5.91 Å². The Hall–Kier alpha value is -3.11. The van der Waals surface area contributed by atoms with E-state index in [2.05, 4.69) is 0 Å². The van der Waals surface area contributed by atoms with Crippen LogP contribution in [-0.4, -0.2) is 11.0 Å². The molecule has 0 spiro atoms. The predicted molar refractivity (Wildman–Crippen MR) is 101 cm³/mol. The number of nitrogens with two attached hydrogens (primary N) is 1. The van der Waals surface area contributed by atoms with Gasteiger partial charge in [0.15, 0.2) is 5.60 Å². The summed E-state index contributed by atoms with van der Waals surface area (Å²) in [6.07, 6.45) is -0.119. The molecule has 4 heteroatoms. The highest BCUT2D eigenvalue weighted by Gasteiger charge is 2.38. The number of rotatable bonds is 6. The fourth-order valence-corrected chi connectivity index (χ4v) is 2.90. The number of benzene rings is 3. The maximum absolute atomic E-state index is 12.0. The van der Waals surface area contributed by atoms with Crippen LogP contribution in [0.1, 0.15) is 29.7 Å². The zero-order valence-electron chi connectivity index (χ0n) is 14.5. The molecule has 0 saturated heterocycles. The minimum atomic E-state index is -1.88. The number of hydrogen-bond acceptors (Lipinski definition) is 3. The summed E-state index contributed by atoms with van der Waals surface area (Å²) < 4.78 is 5.94. The third-order valence-corrected chi connectivity index (χ3v) is 4.40. The number of ether oxygens (including phenoxy) is 1.